The van der Waals surface area contributed by atoms with Crippen LogP contribution >= 0.6 is 50.7 Å². The summed E-state index contributed by atoms with van der Waals surface area (Å²) >= 11 is 21.2. The third-order valence-electron chi connectivity index (χ3n) is 2.47. The number of hydrogen-bond acceptors (Lipinski definition) is 1. The summed E-state index contributed by atoms with van der Waals surface area (Å²) < 4.78 is 14.4. The molecule has 6 heteroatoms. The molecular weight excluding hydrogens is 375 g/mol. The van der Waals surface area contributed by atoms with Crippen molar-refractivity contribution in [3.63, 3.8) is 0 Å². The first kappa shape index (κ1) is 14.9. The van der Waals surface area contributed by atoms with Crippen LogP contribution in [-0.4, -0.2) is 0 Å². The fraction of sp³-hybridized carbons (Fsp3) is 0.0769. The summed E-state index contributed by atoms with van der Waals surface area (Å²) in [4.78, 5) is 0. The first-order valence-corrected chi connectivity index (χ1v) is 7.22. The lowest BCUT2D eigenvalue weighted by molar-refractivity contribution is 0.612. The van der Waals surface area contributed by atoms with Gasteiger partial charge in [0.25, 0.3) is 0 Å². The van der Waals surface area contributed by atoms with E-state index in [0.29, 0.717) is 26.3 Å². The highest BCUT2D eigenvalue weighted by molar-refractivity contribution is 9.10. The number of rotatable bonds is 3. The monoisotopic (exact) mass is 381 g/mol. The molecule has 0 fully saturated rings. The van der Waals surface area contributed by atoms with Crippen molar-refractivity contribution >= 4 is 56.4 Å². The van der Waals surface area contributed by atoms with Gasteiger partial charge in [-0.1, -0.05) is 50.7 Å². The molecule has 0 aliphatic carbocycles. The predicted molar refractivity (Wildman–Crippen MR) is 82.9 cm³/mol. The zero-order valence-corrected chi connectivity index (χ0v) is 13.3. The van der Waals surface area contributed by atoms with Crippen LogP contribution in [0.25, 0.3) is 0 Å². The predicted octanol–water partition coefficient (Wildman–Crippen LogP) is 6.16. The fourth-order valence-corrected chi connectivity index (χ4v) is 2.93. The molecule has 0 heterocycles. The number of anilines is 1. The quantitative estimate of drug-likeness (QED) is 0.669. The lowest BCUT2D eigenvalue weighted by Gasteiger charge is -2.11. The molecule has 2 aromatic rings. The van der Waals surface area contributed by atoms with Crippen molar-refractivity contribution < 1.29 is 4.39 Å². The molecule has 2 rings (SSSR count). The molecule has 0 unspecified atom stereocenters. The molecule has 1 N–H and O–H groups in total. The van der Waals surface area contributed by atoms with E-state index in [1.807, 2.05) is 0 Å². The van der Waals surface area contributed by atoms with Gasteiger partial charge in [0.1, 0.15) is 5.82 Å². The molecule has 0 saturated heterocycles. The Morgan fingerprint density at radius 3 is 2.32 bits per heavy atom. The molecular formula is C13H8BrCl3FN. The van der Waals surface area contributed by atoms with E-state index >= 15 is 0 Å². The number of nitrogens with one attached hydrogen (secondary N) is 1. The van der Waals surface area contributed by atoms with Crippen molar-refractivity contribution in [3.05, 3.63) is 61.3 Å². The van der Waals surface area contributed by atoms with Crippen LogP contribution in [0.1, 0.15) is 5.56 Å². The van der Waals surface area contributed by atoms with Crippen LogP contribution in [0.3, 0.4) is 0 Å². The van der Waals surface area contributed by atoms with Crippen LogP contribution in [0, 0.1) is 5.82 Å². The highest BCUT2D eigenvalue weighted by atomic mass is 79.9. The summed E-state index contributed by atoms with van der Waals surface area (Å²) in [5.41, 5.74) is 1.04. The molecule has 0 atom stereocenters. The van der Waals surface area contributed by atoms with Crippen molar-refractivity contribution in [1.82, 2.24) is 0 Å². The highest BCUT2D eigenvalue weighted by Crippen LogP contribution is 2.34. The minimum Gasteiger partial charge on any atom is -0.378 e. The van der Waals surface area contributed by atoms with Gasteiger partial charge in [0.15, 0.2) is 0 Å². The van der Waals surface area contributed by atoms with Crippen molar-refractivity contribution in [2.24, 2.45) is 0 Å². The Kier molecular flexibility index (Phi) is 4.96. The number of benzene rings is 2. The molecule has 100 valence electrons. The summed E-state index contributed by atoms with van der Waals surface area (Å²) in [6, 6.07) is 7.89. The smallest absolute Gasteiger partial charge is 0.128 e. The number of halogens is 5. The first-order valence-electron chi connectivity index (χ1n) is 5.29. The zero-order chi connectivity index (χ0) is 14.0. The van der Waals surface area contributed by atoms with Gasteiger partial charge >= 0.3 is 0 Å². The highest BCUT2D eigenvalue weighted by Gasteiger charge is 2.09. The zero-order valence-electron chi connectivity index (χ0n) is 9.48. The Balaban J connectivity index is 2.21. The van der Waals surface area contributed by atoms with E-state index in [1.165, 1.54) is 6.07 Å². The molecule has 1 nitrogen and oxygen atoms in total. The minimum absolute atomic E-state index is 0.270. The summed E-state index contributed by atoms with van der Waals surface area (Å²) in [5, 5.41) is 4.25. The van der Waals surface area contributed by atoms with Gasteiger partial charge in [0.05, 0.1) is 15.7 Å². The maximum absolute atomic E-state index is 13.6. The lowest BCUT2D eigenvalue weighted by atomic mass is 10.2. The van der Waals surface area contributed by atoms with E-state index in [9.17, 15) is 4.39 Å². The Morgan fingerprint density at radius 1 is 1.05 bits per heavy atom. The standard InChI is InChI=1S/C13H8BrCl3FN/c14-8-1-2-12(18)7(3-8)6-19-13-10(16)4-9(15)5-11(13)17/h1-5,19H,6H2. The van der Waals surface area contributed by atoms with Gasteiger partial charge in [-0.15, -0.1) is 0 Å². The van der Waals surface area contributed by atoms with Gasteiger partial charge in [-0.05, 0) is 30.3 Å². The number of hydrogen-bond donors (Lipinski definition) is 1. The molecule has 0 saturated carbocycles. The van der Waals surface area contributed by atoms with Crippen molar-refractivity contribution in [2.75, 3.05) is 5.32 Å². The second-order valence-corrected chi connectivity index (χ2v) is 6.00. The van der Waals surface area contributed by atoms with Gasteiger partial charge in [0, 0.05) is 21.6 Å². The van der Waals surface area contributed by atoms with Crippen molar-refractivity contribution in [2.45, 2.75) is 6.54 Å². The second-order valence-electron chi connectivity index (χ2n) is 3.83. The molecule has 0 amide bonds. The van der Waals surface area contributed by atoms with Gasteiger partial charge in [-0.3, -0.25) is 0 Å². The van der Waals surface area contributed by atoms with E-state index in [0.717, 1.165) is 4.47 Å². The molecule has 0 bridgehead atoms. The SMILES string of the molecule is Fc1ccc(Br)cc1CNc1c(Cl)cc(Cl)cc1Cl. The molecule has 0 aliphatic rings. The Hall–Kier alpha value is -0.480. The van der Waals surface area contributed by atoms with E-state index in [1.54, 1.807) is 24.3 Å². The van der Waals surface area contributed by atoms with E-state index in [-0.39, 0.29) is 12.4 Å². The third kappa shape index (κ3) is 3.76. The van der Waals surface area contributed by atoms with Crippen LogP contribution in [-0.2, 0) is 6.54 Å². The van der Waals surface area contributed by atoms with Crippen LogP contribution in [0.5, 0.6) is 0 Å². The molecule has 2 aromatic carbocycles. The Bertz CT molecular complexity index is 596. The van der Waals surface area contributed by atoms with Gasteiger partial charge in [-0.25, -0.2) is 4.39 Å². The fourth-order valence-electron chi connectivity index (χ4n) is 1.57. The molecule has 0 aliphatic heterocycles. The van der Waals surface area contributed by atoms with Crippen LogP contribution in [0.4, 0.5) is 10.1 Å². The van der Waals surface area contributed by atoms with Crippen LogP contribution < -0.4 is 5.32 Å². The van der Waals surface area contributed by atoms with Gasteiger partial charge in [0.2, 0.25) is 0 Å². The molecule has 0 radical (unpaired) electrons. The lowest BCUT2D eigenvalue weighted by Crippen LogP contribution is -2.03. The first-order chi connectivity index (χ1) is 8.97. The molecule has 0 spiro atoms. The minimum atomic E-state index is -0.295. The van der Waals surface area contributed by atoms with Crippen molar-refractivity contribution in [1.29, 1.82) is 0 Å². The van der Waals surface area contributed by atoms with Crippen LogP contribution in [0.2, 0.25) is 15.1 Å². The largest absolute Gasteiger partial charge is 0.378 e. The average molecular weight is 383 g/mol. The second kappa shape index (κ2) is 6.31. The average Bonchev–Trinajstić information content (AvgIpc) is 2.32. The van der Waals surface area contributed by atoms with Gasteiger partial charge in [-0.2, -0.15) is 0 Å². The molecule has 0 aromatic heterocycles. The normalized spacial score (nSPS) is 10.6. The summed E-state index contributed by atoms with van der Waals surface area (Å²) in [6.45, 7) is 0.270. The van der Waals surface area contributed by atoms with Crippen LogP contribution in [0.15, 0.2) is 34.8 Å². The van der Waals surface area contributed by atoms with Gasteiger partial charge < -0.3 is 5.32 Å². The third-order valence-corrected chi connectivity index (χ3v) is 3.78. The van der Waals surface area contributed by atoms with E-state index in [4.69, 9.17) is 34.8 Å². The summed E-state index contributed by atoms with van der Waals surface area (Å²) in [7, 11) is 0. The summed E-state index contributed by atoms with van der Waals surface area (Å²) in [6.07, 6.45) is 0. The topological polar surface area (TPSA) is 12.0 Å². The maximum atomic E-state index is 13.6. The van der Waals surface area contributed by atoms with Crippen molar-refractivity contribution in [3.8, 4) is 0 Å². The Labute approximate surface area is 133 Å². The Morgan fingerprint density at radius 2 is 1.68 bits per heavy atom. The maximum Gasteiger partial charge on any atom is 0.128 e. The van der Waals surface area contributed by atoms with E-state index < -0.39 is 0 Å². The molecule has 19 heavy (non-hydrogen) atoms. The van der Waals surface area contributed by atoms with E-state index in [2.05, 4.69) is 21.2 Å². The summed E-state index contributed by atoms with van der Waals surface area (Å²) in [5.74, 6) is -0.295.